The molecule has 1 aliphatic carbocycles. The molecule has 1 nitrogen and oxygen atoms in total. The molecule has 0 aromatic heterocycles. The third kappa shape index (κ3) is 1.82. The van der Waals surface area contributed by atoms with E-state index in [9.17, 15) is 4.79 Å². The minimum atomic E-state index is 0.181. The molecule has 1 aliphatic rings. The molecule has 1 aromatic rings. The van der Waals surface area contributed by atoms with Crippen molar-refractivity contribution in [3.8, 4) is 0 Å². The first-order chi connectivity index (χ1) is 6.75. The Kier molecular flexibility index (Phi) is 2.32. The largest absolute Gasteiger partial charge is 0.295 e. The van der Waals surface area contributed by atoms with E-state index in [4.69, 9.17) is 0 Å². The molecule has 14 heavy (non-hydrogen) atoms. The molecule has 0 heterocycles. The first-order valence-electron chi connectivity index (χ1n) is 4.74. The van der Waals surface area contributed by atoms with Crippen molar-refractivity contribution in [2.24, 2.45) is 0 Å². The minimum Gasteiger partial charge on any atom is -0.295 e. The Hall–Kier alpha value is -1.63. The molecule has 0 N–H and O–H groups in total. The number of carbonyl (C=O) groups excluding carboxylic acids is 1. The zero-order valence-electron chi connectivity index (χ0n) is 8.16. The van der Waals surface area contributed by atoms with E-state index in [0.29, 0.717) is 6.42 Å². The minimum absolute atomic E-state index is 0.181. The fraction of sp³-hybridized carbons (Fsp3) is 0.154. The lowest BCUT2D eigenvalue weighted by Crippen LogP contribution is -1.96. The standard InChI is InChI=1S/C13H12O/c1-10-2-4-11(5-3-10)12-6-8-13(14)9-7-12/h2-8H,9H2,1H3. The second-order valence-corrected chi connectivity index (χ2v) is 3.53. The van der Waals surface area contributed by atoms with Crippen molar-refractivity contribution in [2.75, 3.05) is 0 Å². The van der Waals surface area contributed by atoms with Crippen LogP contribution in [-0.4, -0.2) is 5.78 Å². The third-order valence-corrected chi connectivity index (χ3v) is 2.36. The highest BCUT2D eigenvalue weighted by Crippen LogP contribution is 2.20. The summed E-state index contributed by atoms with van der Waals surface area (Å²) in [7, 11) is 0. The normalized spacial score (nSPS) is 15.5. The molecule has 0 aliphatic heterocycles. The van der Waals surface area contributed by atoms with Crippen LogP contribution in [0.5, 0.6) is 0 Å². The number of hydrogen-bond acceptors (Lipinski definition) is 1. The molecule has 0 amide bonds. The first-order valence-corrected chi connectivity index (χ1v) is 4.74. The quantitative estimate of drug-likeness (QED) is 0.655. The van der Waals surface area contributed by atoms with Gasteiger partial charge in [-0.15, -0.1) is 0 Å². The van der Waals surface area contributed by atoms with Gasteiger partial charge in [-0.3, -0.25) is 4.79 Å². The molecule has 0 fully saturated rings. The van der Waals surface area contributed by atoms with Gasteiger partial charge in [0.15, 0.2) is 5.78 Å². The number of rotatable bonds is 1. The summed E-state index contributed by atoms with van der Waals surface area (Å²) in [6.45, 7) is 2.07. The molecule has 0 bridgehead atoms. The number of carbonyl (C=O) groups is 1. The molecule has 0 spiro atoms. The third-order valence-electron chi connectivity index (χ3n) is 2.36. The molecule has 0 saturated carbocycles. The summed E-state index contributed by atoms with van der Waals surface area (Å²) in [5, 5.41) is 0. The Labute approximate surface area is 83.8 Å². The lowest BCUT2D eigenvalue weighted by Gasteiger charge is -2.06. The molecular weight excluding hydrogens is 172 g/mol. The van der Waals surface area contributed by atoms with Crippen LogP contribution in [0.2, 0.25) is 0 Å². The van der Waals surface area contributed by atoms with Gasteiger partial charge in [-0.2, -0.15) is 0 Å². The molecule has 1 aromatic carbocycles. The van der Waals surface area contributed by atoms with Crippen molar-refractivity contribution in [2.45, 2.75) is 13.3 Å². The van der Waals surface area contributed by atoms with Crippen LogP contribution < -0.4 is 0 Å². The Balaban J connectivity index is 2.29. The highest BCUT2D eigenvalue weighted by molar-refractivity contribution is 5.97. The predicted octanol–water partition coefficient (Wildman–Crippen LogP) is 2.91. The van der Waals surface area contributed by atoms with E-state index >= 15 is 0 Å². The van der Waals surface area contributed by atoms with Crippen molar-refractivity contribution in [3.63, 3.8) is 0 Å². The average Bonchev–Trinajstić information content (AvgIpc) is 2.21. The Morgan fingerprint density at radius 3 is 2.36 bits per heavy atom. The fourth-order valence-corrected chi connectivity index (χ4v) is 1.49. The van der Waals surface area contributed by atoms with Gasteiger partial charge in [-0.1, -0.05) is 42.0 Å². The van der Waals surface area contributed by atoms with Gasteiger partial charge in [0.25, 0.3) is 0 Å². The lowest BCUT2D eigenvalue weighted by atomic mass is 9.98. The second kappa shape index (κ2) is 3.62. The van der Waals surface area contributed by atoms with Gasteiger partial charge in [0.1, 0.15) is 0 Å². The smallest absolute Gasteiger partial charge is 0.159 e. The number of benzene rings is 1. The number of allylic oxidation sites excluding steroid dienone is 4. The summed E-state index contributed by atoms with van der Waals surface area (Å²) in [4.78, 5) is 11.0. The van der Waals surface area contributed by atoms with E-state index in [1.807, 2.05) is 12.2 Å². The van der Waals surface area contributed by atoms with Crippen LogP contribution in [-0.2, 0) is 4.79 Å². The number of ketones is 1. The molecule has 2 rings (SSSR count). The van der Waals surface area contributed by atoms with Crippen molar-refractivity contribution in [1.29, 1.82) is 0 Å². The van der Waals surface area contributed by atoms with E-state index < -0.39 is 0 Å². The second-order valence-electron chi connectivity index (χ2n) is 3.53. The van der Waals surface area contributed by atoms with Crippen LogP contribution in [0.25, 0.3) is 5.57 Å². The van der Waals surface area contributed by atoms with Gasteiger partial charge in [0.05, 0.1) is 0 Å². The highest BCUT2D eigenvalue weighted by Gasteiger charge is 2.04. The Bertz CT molecular complexity index is 407. The summed E-state index contributed by atoms with van der Waals surface area (Å²) < 4.78 is 0. The van der Waals surface area contributed by atoms with Crippen molar-refractivity contribution < 1.29 is 4.79 Å². The van der Waals surface area contributed by atoms with E-state index in [1.165, 1.54) is 11.1 Å². The van der Waals surface area contributed by atoms with Gasteiger partial charge < -0.3 is 0 Å². The molecule has 0 unspecified atom stereocenters. The molecule has 0 radical (unpaired) electrons. The summed E-state index contributed by atoms with van der Waals surface area (Å²) in [5.41, 5.74) is 3.58. The maximum Gasteiger partial charge on any atom is 0.159 e. The van der Waals surface area contributed by atoms with Gasteiger partial charge in [0, 0.05) is 6.42 Å². The zero-order chi connectivity index (χ0) is 9.97. The van der Waals surface area contributed by atoms with E-state index in [1.54, 1.807) is 6.08 Å². The zero-order valence-corrected chi connectivity index (χ0v) is 8.16. The summed E-state index contributed by atoms with van der Waals surface area (Å²) in [6.07, 6.45) is 6.04. The van der Waals surface area contributed by atoms with Crippen molar-refractivity contribution in [1.82, 2.24) is 0 Å². The van der Waals surface area contributed by atoms with Crippen LogP contribution in [0.1, 0.15) is 17.5 Å². The summed E-state index contributed by atoms with van der Waals surface area (Å²) in [5.74, 6) is 0.181. The van der Waals surface area contributed by atoms with Crippen molar-refractivity contribution in [3.05, 3.63) is 53.6 Å². The van der Waals surface area contributed by atoms with Crippen LogP contribution in [0.15, 0.2) is 42.5 Å². The Morgan fingerprint density at radius 2 is 1.79 bits per heavy atom. The van der Waals surface area contributed by atoms with Crippen molar-refractivity contribution >= 4 is 11.4 Å². The van der Waals surface area contributed by atoms with Crippen LogP contribution in [0.3, 0.4) is 0 Å². The van der Waals surface area contributed by atoms with Crippen LogP contribution >= 0.6 is 0 Å². The first kappa shape index (κ1) is 8.95. The van der Waals surface area contributed by atoms with Gasteiger partial charge in [-0.25, -0.2) is 0 Å². The number of hydrogen-bond donors (Lipinski definition) is 0. The monoisotopic (exact) mass is 184 g/mol. The molecule has 1 heteroatoms. The molecule has 0 saturated heterocycles. The van der Waals surface area contributed by atoms with Gasteiger partial charge in [0.2, 0.25) is 0 Å². The fourth-order valence-electron chi connectivity index (χ4n) is 1.49. The van der Waals surface area contributed by atoms with E-state index in [-0.39, 0.29) is 5.78 Å². The van der Waals surface area contributed by atoms with E-state index in [2.05, 4.69) is 31.2 Å². The topological polar surface area (TPSA) is 17.1 Å². The summed E-state index contributed by atoms with van der Waals surface area (Å²) in [6, 6.07) is 8.34. The van der Waals surface area contributed by atoms with Gasteiger partial charge in [-0.05, 0) is 24.1 Å². The average molecular weight is 184 g/mol. The van der Waals surface area contributed by atoms with Gasteiger partial charge >= 0.3 is 0 Å². The maximum absolute atomic E-state index is 11.0. The highest BCUT2D eigenvalue weighted by atomic mass is 16.1. The molecule has 0 atom stereocenters. The van der Waals surface area contributed by atoms with E-state index in [0.717, 1.165) is 5.57 Å². The number of aryl methyl sites for hydroxylation is 1. The Morgan fingerprint density at radius 1 is 1.07 bits per heavy atom. The predicted molar refractivity (Wildman–Crippen MR) is 57.9 cm³/mol. The SMILES string of the molecule is Cc1ccc(C2=CCC(=O)C=C2)cc1. The lowest BCUT2D eigenvalue weighted by molar-refractivity contribution is -0.113. The van der Waals surface area contributed by atoms with Crippen LogP contribution in [0, 0.1) is 6.92 Å². The molecular formula is C13H12O. The summed E-state index contributed by atoms with van der Waals surface area (Å²) >= 11 is 0. The maximum atomic E-state index is 11.0. The molecule has 70 valence electrons. The van der Waals surface area contributed by atoms with Crippen LogP contribution in [0.4, 0.5) is 0 Å².